The minimum Gasteiger partial charge on any atom is -0.496 e. The van der Waals surface area contributed by atoms with E-state index in [0.29, 0.717) is 28.1 Å². The zero-order chi connectivity index (χ0) is 25.4. The topological polar surface area (TPSA) is 88.6 Å². The number of methoxy groups -OCH3 is 1. The Kier molecular flexibility index (Phi) is 5.98. The fourth-order valence-corrected chi connectivity index (χ4v) is 4.59. The van der Waals surface area contributed by atoms with Crippen LogP contribution in [0, 0.1) is 13.8 Å². The molecular weight excluding hydrogens is 454 g/mol. The highest BCUT2D eigenvalue weighted by molar-refractivity contribution is 6.23. The molecule has 0 radical (unpaired) electrons. The van der Waals surface area contributed by atoms with E-state index in [0.717, 1.165) is 27.0 Å². The molecule has 0 unspecified atom stereocenters. The molecule has 0 saturated heterocycles. The van der Waals surface area contributed by atoms with E-state index in [1.165, 1.54) is 0 Å². The quantitative estimate of drug-likeness (QED) is 0.405. The van der Waals surface area contributed by atoms with Crippen LogP contribution in [-0.2, 0) is 11.2 Å². The van der Waals surface area contributed by atoms with Gasteiger partial charge in [0.2, 0.25) is 5.91 Å². The number of anilines is 1. The number of aryl methyl sites for hydroxylation is 2. The van der Waals surface area contributed by atoms with Crippen molar-refractivity contribution < 1.29 is 19.1 Å². The second-order valence-electron chi connectivity index (χ2n) is 8.87. The van der Waals surface area contributed by atoms with Crippen molar-refractivity contribution in [2.75, 3.05) is 12.4 Å². The van der Waals surface area contributed by atoms with Gasteiger partial charge in [-0.15, -0.1) is 0 Å². The molecule has 1 aromatic heterocycles. The number of rotatable bonds is 6. The molecule has 7 heteroatoms. The van der Waals surface area contributed by atoms with E-state index in [4.69, 9.17) is 4.74 Å². The van der Waals surface area contributed by atoms with Crippen LogP contribution in [0.2, 0.25) is 0 Å². The first-order valence-corrected chi connectivity index (χ1v) is 11.6. The summed E-state index contributed by atoms with van der Waals surface area (Å²) in [6.07, 6.45) is 1.81. The standard InChI is InChI=1S/C29H25N3O4/c1-17-10-11-19(15-18(17)2)16-24(32-28(34)20-7-4-5-8-21(20)29(32)35)27(33)31-23-12-13-25(36-3)22-9-6-14-30-26(22)23/h4-15,24H,16H2,1-3H3,(H,31,33)/t24-/m0/s1. The van der Waals surface area contributed by atoms with Crippen LogP contribution in [0.5, 0.6) is 5.75 Å². The lowest BCUT2D eigenvalue weighted by molar-refractivity contribution is -0.119. The summed E-state index contributed by atoms with van der Waals surface area (Å²) in [6.45, 7) is 4.00. The Hall–Kier alpha value is -4.52. The van der Waals surface area contributed by atoms with Crippen molar-refractivity contribution in [1.82, 2.24) is 9.88 Å². The lowest BCUT2D eigenvalue weighted by atomic mass is 9.99. The van der Waals surface area contributed by atoms with Gasteiger partial charge in [-0.25, -0.2) is 0 Å². The summed E-state index contributed by atoms with van der Waals surface area (Å²) in [4.78, 5) is 45.9. The number of hydrogen-bond donors (Lipinski definition) is 1. The Morgan fingerprint density at radius 3 is 2.33 bits per heavy atom. The molecule has 1 atom stereocenters. The summed E-state index contributed by atoms with van der Waals surface area (Å²) < 4.78 is 5.43. The Morgan fingerprint density at radius 1 is 0.944 bits per heavy atom. The number of imide groups is 1. The van der Waals surface area contributed by atoms with Crippen LogP contribution < -0.4 is 10.1 Å². The first-order chi connectivity index (χ1) is 17.4. The number of benzene rings is 3. The highest BCUT2D eigenvalue weighted by Gasteiger charge is 2.42. The van der Waals surface area contributed by atoms with Crippen molar-refractivity contribution in [2.24, 2.45) is 0 Å². The molecule has 36 heavy (non-hydrogen) atoms. The fraction of sp³-hybridized carbons (Fsp3) is 0.172. The van der Waals surface area contributed by atoms with Gasteiger partial charge >= 0.3 is 0 Å². The largest absolute Gasteiger partial charge is 0.496 e. The number of amides is 3. The van der Waals surface area contributed by atoms with Crippen molar-refractivity contribution in [3.63, 3.8) is 0 Å². The van der Waals surface area contributed by atoms with Crippen molar-refractivity contribution in [3.8, 4) is 5.75 Å². The molecule has 0 spiro atoms. The number of pyridine rings is 1. The first kappa shape index (κ1) is 23.2. The van der Waals surface area contributed by atoms with E-state index in [9.17, 15) is 14.4 Å². The predicted molar refractivity (Wildman–Crippen MR) is 137 cm³/mol. The molecule has 0 saturated carbocycles. The average Bonchev–Trinajstić information content (AvgIpc) is 3.14. The third-order valence-electron chi connectivity index (χ3n) is 6.65. The number of ether oxygens (including phenoxy) is 1. The van der Waals surface area contributed by atoms with Gasteiger partial charge in [0.25, 0.3) is 11.8 Å². The molecule has 7 nitrogen and oxygen atoms in total. The Labute approximate surface area is 208 Å². The van der Waals surface area contributed by atoms with Gasteiger partial charge in [0, 0.05) is 18.0 Å². The van der Waals surface area contributed by atoms with E-state index in [-0.39, 0.29) is 6.42 Å². The number of carbonyl (C=O) groups excluding carboxylic acids is 3. The second-order valence-corrected chi connectivity index (χ2v) is 8.87. The van der Waals surface area contributed by atoms with Crippen molar-refractivity contribution >= 4 is 34.3 Å². The number of hydrogen-bond acceptors (Lipinski definition) is 5. The first-order valence-electron chi connectivity index (χ1n) is 11.6. The van der Waals surface area contributed by atoms with Crippen LogP contribution in [0.1, 0.15) is 37.4 Å². The molecule has 0 bridgehead atoms. The lowest BCUT2D eigenvalue weighted by Crippen LogP contribution is -2.48. The van der Waals surface area contributed by atoms with Crippen LogP contribution >= 0.6 is 0 Å². The Morgan fingerprint density at radius 2 is 1.67 bits per heavy atom. The fourth-order valence-electron chi connectivity index (χ4n) is 4.59. The molecule has 0 fully saturated rings. The third-order valence-corrected chi connectivity index (χ3v) is 6.65. The van der Waals surface area contributed by atoms with Crippen LogP contribution in [0.3, 0.4) is 0 Å². The smallest absolute Gasteiger partial charge is 0.262 e. The van der Waals surface area contributed by atoms with Gasteiger partial charge in [0.15, 0.2) is 0 Å². The maximum Gasteiger partial charge on any atom is 0.262 e. The maximum absolute atomic E-state index is 13.8. The molecule has 1 N–H and O–H groups in total. The summed E-state index contributed by atoms with van der Waals surface area (Å²) in [5.74, 6) is -0.794. The molecule has 180 valence electrons. The normalized spacial score (nSPS) is 13.6. The molecule has 1 aliphatic rings. The van der Waals surface area contributed by atoms with Gasteiger partial charge < -0.3 is 10.1 Å². The zero-order valence-electron chi connectivity index (χ0n) is 20.2. The zero-order valence-corrected chi connectivity index (χ0v) is 20.2. The third kappa shape index (κ3) is 3.98. The summed E-state index contributed by atoms with van der Waals surface area (Å²) in [7, 11) is 1.57. The highest BCUT2D eigenvalue weighted by Crippen LogP contribution is 2.31. The molecule has 1 aliphatic heterocycles. The van der Waals surface area contributed by atoms with Gasteiger partial charge in [0.05, 0.1) is 29.4 Å². The Balaban J connectivity index is 1.54. The lowest BCUT2D eigenvalue weighted by Gasteiger charge is -2.26. The van der Waals surface area contributed by atoms with Crippen molar-refractivity contribution in [2.45, 2.75) is 26.3 Å². The summed E-state index contributed by atoms with van der Waals surface area (Å²) in [6, 6.07) is 18.6. The van der Waals surface area contributed by atoms with Gasteiger partial charge in [-0.3, -0.25) is 24.3 Å². The van der Waals surface area contributed by atoms with Crippen LogP contribution in [-0.4, -0.2) is 40.8 Å². The predicted octanol–water partition coefficient (Wildman–Crippen LogP) is 4.71. The number of carbonyl (C=O) groups is 3. The minimum absolute atomic E-state index is 0.180. The van der Waals surface area contributed by atoms with Gasteiger partial charge in [-0.05, 0) is 66.9 Å². The van der Waals surface area contributed by atoms with E-state index in [1.807, 2.05) is 38.1 Å². The summed E-state index contributed by atoms with van der Waals surface area (Å²) in [5, 5.41) is 3.66. The molecule has 4 aromatic rings. The number of fused-ring (bicyclic) bond motifs is 2. The molecular formula is C29H25N3O4. The van der Waals surface area contributed by atoms with E-state index in [1.54, 1.807) is 55.8 Å². The SMILES string of the molecule is COc1ccc(NC(=O)[C@H](Cc2ccc(C)c(C)c2)N2C(=O)c3ccccc3C2=O)c2ncccc12. The van der Waals surface area contributed by atoms with Gasteiger partial charge in [-0.1, -0.05) is 30.3 Å². The van der Waals surface area contributed by atoms with Gasteiger partial charge in [-0.2, -0.15) is 0 Å². The molecule has 5 rings (SSSR count). The minimum atomic E-state index is -1.06. The monoisotopic (exact) mass is 479 g/mol. The molecule has 3 amide bonds. The van der Waals surface area contributed by atoms with Crippen LogP contribution in [0.25, 0.3) is 10.9 Å². The van der Waals surface area contributed by atoms with Crippen molar-refractivity contribution in [1.29, 1.82) is 0 Å². The molecule has 3 aromatic carbocycles. The van der Waals surface area contributed by atoms with E-state index >= 15 is 0 Å². The molecule has 2 heterocycles. The highest BCUT2D eigenvalue weighted by atomic mass is 16.5. The van der Waals surface area contributed by atoms with Crippen LogP contribution in [0.15, 0.2) is 72.9 Å². The average molecular weight is 480 g/mol. The van der Waals surface area contributed by atoms with Crippen LogP contribution in [0.4, 0.5) is 5.69 Å². The summed E-state index contributed by atoms with van der Waals surface area (Å²) >= 11 is 0. The van der Waals surface area contributed by atoms with E-state index in [2.05, 4.69) is 10.3 Å². The molecule has 0 aliphatic carbocycles. The summed E-state index contributed by atoms with van der Waals surface area (Å²) in [5.41, 5.74) is 4.67. The number of aromatic nitrogens is 1. The maximum atomic E-state index is 13.8. The number of nitrogens with one attached hydrogen (secondary N) is 1. The number of nitrogens with zero attached hydrogens (tertiary/aromatic N) is 2. The Bertz CT molecular complexity index is 1490. The second kappa shape index (κ2) is 9.26. The van der Waals surface area contributed by atoms with Crippen molar-refractivity contribution in [3.05, 3.63) is 101 Å². The van der Waals surface area contributed by atoms with E-state index < -0.39 is 23.8 Å². The van der Waals surface area contributed by atoms with Gasteiger partial charge in [0.1, 0.15) is 11.8 Å².